The van der Waals surface area contributed by atoms with Crippen LogP contribution in [0.15, 0.2) is 72.8 Å². The van der Waals surface area contributed by atoms with Gasteiger partial charge in [-0.1, -0.05) is 55.0 Å². The van der Waals surface area contributed by atoms with Gasteiger partial charge in [0.2, 0.25) is 5.91 Å². The Morgan fingerprint density at radius 3 is 2.25 bits per heavy atom. The molecule has 1 spiro atoms. The number of rotatable bonds is 6. The third kappa shape index (κ3) is 5.52. The van der Waals surface area contributed by atoms with Gasteiger partial charge in [0.15, 0.2) is 0 Å². The Morgan fingerprint density at radius 1 is 0.900 bits per heavy atom. The number of carbonyl (C=O) groups excluding carboxylic acids is 3. The molecule has 40 heavy (non-hydrogen) atoms. The Hall–Kier alpha value is -4.33. The second kappa shape index (κ2) is 11.4. The number of benzene rings is 3. The standard InChI is InChI=1S/C32H37N5O3/c1-4-25-11-13-26(14-12-25)33-29(38)21-36-22-37(27-8-6-5-7-9-27)32(30(36)39)16-18-35(19-17-32)31(40)34-28-15-10-23(2)20-24(28)3/h5-15,20H,4,16-19,21-22H2,1-3H3,(H,33,38)(H,34,40). The fraction of sp³-hybridized carbons (Fsp3) is 0.344. The molecular formula is C32H37N5O3. The number of nitrogens with zero attached hydrogens (tertiary/aromatic N) is 3. The van der Waals surface area contributed by atoms with E-state index in [1.165, 1.54) is 5.56 Å². The average Bonchev–Trinajstić information content (AvgIpc) is 3.21. The number of piperidine rings is 1. The number of anilines is 3. The maximum Gasteiger partial charge on any atom is 0.321 e. The number of urea groups is 1. The molecule has 3 aromatic rings. The molecule has 2 saturated heterocycles. The number of aryl methyl sites for hydroxylation is 3. The molecule has 8 heteroatoms. The highest BCUT2D eigenvalue weighted by Gasteiger charge is 2.54. The Labute approximate surface area is 236 Å². The Bertz CT molecular complexity index is 1380. The summed E-state index contributed by atoms with van der Waals surface area (Å²) in [5, 5.41) is 5.96. The molecule has 4 amide bonds. The van der Waals surface area contributed by atoms with Gasteiger partial charge in [0.25, 0.3) is 5.91 Å². The second-order valence-electron chi connectivity index (χ2n) is 10.8. The monoisotopic (exact) mass is 539 g/mol. The van der Waals surface area contributed by atoms with E-state index in [4.69, 9.17) is 0 Å². The predicted molar refractivity (Wildman–Crippen MR) is 158 cm³/mol. The highest BCUT2D eigenvalue weighted by Crippen LogP contribution is 2.39. The number of carbonyl (C=O) groups is 3. The fourth-order valence-electron chi connectivity index (χ4n) is 5.75. The first kappa shape index (κ1) is 27.2. The molecule has 0 bridgehead atoms. The van der Waals surface area contributed by atoms with Crippen LogP contribution in [-0.2, 0) is 16.0 Å². The molecule has 2 N–H and O–H groups in total. The van der Waals surface area contributed by atoms with Gasteiger partial charge in [-0.3, -0.25) is 9.59 Å². The van der Waals surface area contributed by atoms with E-state index < -0.39 is 5.54 Å². The van der Waals surface area contributed by atoms with Gasteiger partial charge in [-0.15, -0.1) is 0 Å². The lowest BCUT2D eigenvalue weighted by Gasteiger charge is -2.43. The Balaban J connectivity index is 1.29. The van der Waals surface area contributed by atoms with Gasteiger partial charge in [-0.05, 0) is 74.6 Å². The van der Waals surface area contributed by atoms with Gasteiger partial charge in [-0.25, -0.2) is 4.79 Å². The molecule has 0 unspecified atom stereocenters. The quantitative estimate of drug-likeness (QED) is 0.452. The van der Waals surface area contributed by atoms with Crippen molar-refractivity contribution in [3.8, 4) is 0 Å². The van der Waals surface area contributed by atoms with Gasteiger partial charge >= 0.3 is 6.03 Å². The summed E-state index contributed by atoms with van der Waals surface area (Å²) in [6.45, 7) is 7.26. The van der Waals surface area contributed by atoms with Crippen LogP contribution in [0.5, 0.6) is 0 Å². The summed E-state index contributed by atoms with van der Waals surface area (Å²) in [7, 11) is 0. The second-order valence-corrected chi connectivity index (χ2v) is 10.8. The molecule has 0 saturated carbocycles. The van der Waals surface area contributed by atoms with Crippen molar-refractivity contribution >= 4 is 34.9 Å². The number of hydrogen-bond acceptors (Lipinski definition) is 4. The minimum Gasteiger partial charge on any atom is -0.339 e. The zero-order chi connectivity index (χ0) is 28.3. The minimum atomic E-state index is -0.805. The summed E-state index contributed by atoms with van der Waals surface area (Å²) in [4.78, 5) is 45.6. The molecule has 2 aliphatic heterocycles. The van der Waals surface area contributed by atoms with E-state index in [1.54, 1.807) is 9.80 Å². The molecule has 0 radical (unpaired) electrons. The van der Waals surface area contributed by atoms with Gasteiger partial charge in [0, 0.05) is 30.2 Å². The smallest absolute Gasteiger partial charge is 0.321 e. The summed E-state index contributed by atoms with van der Waals surface area (Å²) in [5.74, 6) is -0.296. The van der Waals surface area contributed by atoms with Crippen LogP contribution in [0.1, 0.15) is 36.5 Å². The minimum absolute atomic E-state index is 0.0314. The van der Waals surface area contributed by atoms with Crippen molar-refractivity contribution < 1.29 is 14.4 Å². The van der Waals surface area contributed by atoms with Crippen LogP contribution in [0.2, 0.25) is 0 Å². The van der Waals surface area contributed by atoms with Crippen molar-refractivity contribution in [2.75, 3.05) is 41.8 Å². The summed E-state index contributed by atoms with van der Waals surface area (Å²) in [6, 6.07) is 23.4. The van der Waals surface area contributed by atoms with Gasteiger partial charge in [0.05, 0.1) is 6.67 Å². The van der Waals surface area contributed by atoms with Crippen LogP contribution in [0.3, 0.4) is 0 Å². The Morgan fingerprint density at radius 2 is 1.60 bits per heavy atom. The van der Waals surface area contributed by atoms with Crippen LogP contribution in [0.25, 0.3) is 0 Å². The van der Waals surface area contributed by atoms with Crippen LogP contribution < -0.4 is 15.5 Å². The largest absolute Gasteiger partial charge is 0.339 e. The van der Waals surface area contributed by atoms with Gasteiger partial charge in [-0.2, -0.15) is 0 Å². The summed E-state index contributed by atoms with van der Waals surface area (Å²) >= 11 is 0. The molecule has 3 aromatic carbocycles. The van der Waals surface area contributed by atoms with Crippen molar-refractivity contribution in [2.24, 2.45) is 0 Å². The lowest BCUT2D eigenvalue weighted by molar-refractivity contribution is -0.136. The number of amides is 4. The van der Waals surface area contributed by atoms with E-state index in [0.29, 0.717) is 38.3 Å². The van der Waals surface area contributed by atoms with Crippen LogP contribution in [0, 0.1) is 13.8 Å². The highest BCUT2D eigenvalue weighted by atomic mass is 16.2. The summed E-state index contributed by atoms with van der Waals surface area (Å²) in [6.07, 6.45) is 1.90. The van der Waals surface area contributed by atoms with E-state index in [1.807, 2.05) is 86.6 Å². The molecule has 0 aromatic heterocycles. The molecule has 2 heterocycles. The molecule has 208 valence electrons. The summed E-state index contributed by atoms with van der Waals surface area (Å²) < 4.78 is 0. The maximum atomic E-state index is 14.0. The summed E-state index contributed by atoms with van der Waals surface area (Å²) in [5.41, 5.74) is 4.99. The molecule has 5 rings (SSSR count). The molecular weight excluding hydrogens is 502 g/mol. The highest BCUT2D eigenvalue weighted by molar-refractivity contribution is 5.99. The van der Waals surface area contributed by atoms with Gasteiger partial charge in [0.1, 0.15) is 12.1 Å². The molecule has 0 aliphatic carbocycles. The number of likely N-dealkylation sites (tertiary alicyclic amines) is 1. The first-order valence-corrected chi connectivity index (χ1v) is 13.9. The molecule has 0 atom stereocenters. The van der Waals surface area contributed by atoms with E-state index in [-0.39, 0.29) is 24.4 Å². The molecule has 2 aliphatic rings. The van der Waals surface area contributed by atoms with Crippen LogP contribution in [0.4, 0.5) is 21.9 Å². The van der Waals surface area contributed by atoms with E-state index >= 15 is 0 Å². The lowest BCUT2D eigenvalue weighted by atomic mass is 9.85. The van der Waals surface area contributed by atoms with Crippen molar-refractivity contribution in [3.63, 3.8) is 0 Å². The van der Waals surface area contributed by atoms with E-state index in [2.05, 4.69) is 22.5 Å². The average molecular weight is 540 g/mol. The van der Waals surface area contributed by atoms with Crippen molar-refractivity contribution in [3.05, 3.63) is 89.5 Å². The fourth-order valence-corrected chi connectivity index (χ4v) is 5.75. The first-order chi connectivity index (χ1) is 19.3. The zero-order valence-electron chi connectivity index (χ0n) is 23.4. The zero-order valence-corrected chi connectivity index (χ0v) is 23.4. The third-order valence-corrected chi connectivity index (χ3v) is 8.06. The maximum absolute atomic E-state index is 14.0. The predicted octanol–water partition coefficient (Wildman–Crippen LogP) is 5.18. The normalized spacial score (nSPS) is 16.4. The van der Waals surface area contributed by atoms with Gasteiger partial charge < -0.3 is 25.3 Å². The van der Waals surface area contributed by atoms with Crippen LogP contribution >= 0.6 is 0 Å². The number of para-hydroxylation sites is 1. The van der Waals surface area contributed by atoms with Crippen LogP contribution in [-0.4, -0.2) is 59.5 Å². The molecule has 8 nitrogen and oxygen atoms in total. The van der Waals surface area contributed by atoms with E-state index in [9.17, 15) is 14.4 Å². The topological polar surface area (TPSA) is 85.0 Å². The van der Waals surface area contributed by atoms with Crippen molar-refractivity contribution in [1.82, 2.24) is 9.80 Å². The van der Waals surface area contributed by atoms with Crippen molar-refractivity contribution in [1.29, 1.82) is 0 Å². The lowest BCUT2D eigenvalue weighted by Crippen LogP contribution is -2.58. The van der Waals surface area contributed by atoms with Crippen molar-refractivity contribution in [2.45, 2.75) is 45.6 Å². The number of nitrogens with one attached hydrogen (secondary N) is 2. The number of hydrogen-bond donors (Lipinski definition) is 2. The first-order valence-electron chi connectivity index (χ1n) is 13.9. The Kier molecular flexibility index (Phi) is 7.78. The van der Waals surface area contributed by atoms with E-state index in [0.717, 1.165) is 28.9 Å². The SMILES string of the molecule is CCc1ccc(NC(=O)CN2CN(c3ccccc3)C3(CCN(C(=O)Nc4ccc(C)cc4C)CC3)C2=O)cc1. The third-order valence-electron chi connectivity index (χ3n) is 8.06. The molecule has 2 fully saturated rings.